The van der Waals surface area contributed by atoms with Gasteiger partial charge in [-0.15, -0.1) is 0 Å². The lowest BCUT2D eigenvalue weighted by Crippen LogP contribution is -2.34. The van der Waals surface area contributed by atoms with E-state index >= 15 is 0 Å². The van der Waals surface area contributed by atoms with E-state index in [4.69, 9.17) is 4.99 Å². The number of rotatable bonds is 5. The molecule has 0 heterocycles. The Morgan fingerprint density at radius 1 is 1.17 bits per heavy atom. The summed E-state index contributed by atoms with van der Waals surface area (Å²) in [5, 5.41) is 3.68. The average molecular weight is 313 g/mol. The molecule has 126 valence electrons. The molecule has 2 rings (SSSR count). The Morgan fingerprint density at radius 3 is 2.39 bits per heavy atom. The summed E-state index contributed by atoms with van der Waals surface area (Å²) in [5.74, 6) is 0.540. The SMILES string of the molecule is CC.CC(C)=NC(NC(C)c1ccccc1)C1=CC=CCC1C. The zero-order valence-electron chi connectivity index (χ0n) is 15.5. The van der Waals surface area contributed by atoms with Gasteiger partial charge in [-0.1, -0.05) is 69.3 Å². The molecule has 0 radical (unpaired) electrons. The smallest absolute Gasteiger partial charge is 0.122 e. The van der Waals surface area contributed by atoms with Gasteiger partial charge in [0.05, 0.1) is 0 Å². The molecular weight excluding hydrogens is 280 g/mol. The Labute approximate surface area is 142 Å². The molecule has 0 spiro atoms. The van der Waals surface area contributed by atoms with Gasteiger partial charge in [0.25, 0.3) is 0 Å². The van der Waals surface area contributed by atoms with Crippen molar-refractivity contribution in [3.63, 3.8) is 0 Å². The minimum atomic E-state index is 0.0603. The summed E-state index contributed by atoms with van der Waals surface area (Å²) in [5.41, 5.74) is 3.78. The van der Waals surface area contributed by atoms with E-state index in [0.717, 1.165) is 12.1 Å². The highest BCUT2D eigenvalue weighted by Crippen LogP contribution is 2.25. The van der Waals surface area contributed by atoms with Crippen LogP contribution in [0.5, 0.6) is 0 Å². The Kier molecular flexibility index (Phi) is 8.57. The maximum atomic E-state index is 4.82. The van der Waals surface area contributed by atoms with E-state index in [-0.39, 0.29) is 12.2 Å². The number of hydrogen-bond acceptors (Lipinski definition) is 2. The van der Waals surface area contributed by atoms with Crippen LogP contribution >= 0.6 is 0 Å². The maximum Gasteiger partial charge on any atom is 0.122 e. The van der Waals surface area contributed by atoms with Gasteiger partial charge in [-0.2, -0.15) is 0 Å². The molecule has 2 nitrogen and oxygen atoms in total. The van der Waals surface area contributed by atoms with Crippen molar-refractivity contribution in [1.29, 1.82) is 0 Å². The van der Waals surface area contributed by atoms with Crippen molar-refractivity contribution in [1.82, 2.24) is 5.32 Å². The van der Waals surface area contributed by atoms with Crippen LogP contribution in [0.1, 0.15) is 59.6 Å². The fourth-order valence-electron chi connectivity index (χ4n) is 2.66. The molecule has 3 atom stereocenters. The standard InChI is InChI=1S/C19H26N2.C2H6/c1-14(2)20-19(18-13-9-8-10-15(18)3)21-16(4)17-11-6-5-7-12-17;1-2/h5-9,11-13,15-16,19,21H,10H2,1-4H3;1-2H3. The van der Waals surface area contributed by atoms with Crippen LogP contribution in [0.25, 0.3) is 0 Å². The van der Waals surface area contributed by atoms with Gasteiger partial charge in [-0.05, 0) is 44.2 Å². The van der Waals surface area contributed by atoms with Gasteiger partial charge in [0.1, 0.15) is 6.17 Å². The average Bonchev–Trinajstić information content (AvgIpc) is 2.57. The van der Waals surface area contributed by atoms with Crippen molar-refractivity contribution in [2.75, 3.05) is 0 Å². The van der Waals surface area contributed by atoms with Crippen LogP contribution in [0.3, 0.4) is 0 Å². The van der Waals surface area contributed by atoms with Gasteiger partial charge in [0, 0.05) is 11.8 Å². The van der Waals surface area contributed by atoms with Crippen molar-refractivity contribution < 1.29 is 0 Å². The number of hydrogen-bond donors (Lipinski definition) is 1. The van der Waals surface area contributed by atoms with E-state index in [1.54, 1.807) is 0 Å². The molecule has 0 aromatic heterocycles. The van der Waals surface area contributed by atoms with Crippen LogP contribution in [-0.2, 0) is 0 Å². The normalized spacial score (nSPS) is 19.0. The first kappa shape index (κ1) is 19.4. The Balaban J connectivity index is 0.00000127. The number of aliphatic imine (C=N–C) groups is 1. The topological polar surface area (TPSA) is 24.4 Å². The number of nitrogens with zero attached hydrogens (tertiary/aromatic N) is 1. The molecule has 0 aliphatic heterocycles. The molecule has 1 aromatic carbocycles. The van der Waals surface area contributed by atoms with E-state index < -0.39 is 0 Å². The van der Waals surface area contributed by atoms with Crippen LogP contribution in [0, 0.1) is 5.92 Å². The maximum absolute atomic E-state index is 4.82. The van der Waals surface area contributed by atoms with Crippen LogP contribution in [-0.4, -0.2) is 11.9 Å². The molecule has 23 heavy (non-hydrogen) atoms. The van der Waals surface area contributed by atoms with E-state index in [1.165, 1.54) is 11.1 Å². The minimum Gasteiger partial charge on any atom is -0.286 e. The first-order chi connectivity index (χ1) is 11.1. The Morgan fingerprint density at radius 2 is 1.83 bits per heavy atom. The molecule has 3 unspecified atom stereocenters. The summed E-state index contributed by atoms with van der Waals surface area (Å²) in [6.07, 6.45) is 7.76. The highest BCUT2D eigenvalue weighted by Gasteiger charge is 2.21. The van der Waals surface area contributed by atoms with Gasteiger partial charge >= 0.3 is 0 Å². The van der Waals surface area contributed by atoms with Crippen molar-refractivity contribution in [3.8, 4) is 0 Å². The molecule has 0 saturated heterocycles. The number of allylic oxidation sites excluding steroid dienone is 3. The second-order valence-electron chi connectivity index (χ2n) is 6.01. The fraction of sp³-hybridized carbons (Fsp3) is 0.476. The number of nitrogens with one attached hydrogen (secondary N) is 1. The summed E-state index contributed by atoms with van der Waals surface area (Å²) < 4.78 is 0. The molecule has 0 amide bonds. The summed E-state index contributed by atoms with van der Waals surface area (Å²) >= 11 is 0. The highest BCUT2D eigenvalue weighted by atomic mass is 15.1. The minimum absolute atomic E-state index is 0.0603. The molecule has 0 bridgehead atoms. The lowest BCUT2D eigenvalue weighted by atomic mass is 9.90. The van der Waals surface area contributed by atoms with E-state index in [2.05, 4.69) is 81.6 Å². The second kappa shape index (κ2) is 10.2. The molecular formula is C21H32N2. The quantitative estimate of drug-likeness (QED) is 0.694. The van der Waals surface area contributed by atoms with E-state index in [1.807, 2.05) is 13.8 Å². The van der Waals surface area contributed by atoms with Crippen LogP contribution in [0.15, 0.2) is 59.1 Å². The van der Waals surface area contributed by atoms with Gasteiger partial charge in [0.15, 0.2) is 0 Å². The third kappa shape index (κ3) is 6.15. The summed E-state index contributed by atoms with van der Waals surface area (Å²) in [7, 11) is 0. The molecule has 1 aromatic rings. The lowest BCUT2D eigenvalue weighted by Gasteiger charge is -2.28. The zero-order valence-corrected chi connectivity index (χ0v) is 15.5. The largest absolute Gasteiger partial charge is 0.286 e. The van der Waals surface area contributed by atoms with Crippen LogP contribution in [0.2, 0.25) is 0 Å². The number of benzene rings is 1. The zero-order chi connectivity index (χ0) is 17.2. The monoisotopic (exact) mass is 312 g/mol. The molecule has 1 aliphatic rings. The first-order valence-corrected chi connectivity index (χ1v) is 8.76. The fourth-order valence-corrected chi connectivity index (χ4v) is 2.66. The van der Waals surface area contributed by atoms with Crippen molar-refractivity contribution >= 4 is 5.71 Å². The lowest BCUT2D eigenvalue weighted by molar-refractivity contribution is 0.469. The van der Waals surface area contributed by atoms with E-state index in [0.29, 0.717) is 5.92 Å². The molecule has 1 aliphatic carbocycles. The predicted molar refractivity (Wildman–Crippen MR) is 103 cm³/mol. The molecule has 0 fully saturated rings. The molecule has 0 saturated carbocycles. The van der Waals surface area contributed by atoms with E-state index in [9.17, 15) is 0 Å². The second-order valence-corrected chi connectivity index (χ2v) is 6.01. The molecule has 1 N–H and O–H groups in total. The van der Waals surface area contributed by atoms with Gasteiger partial charge < -0.3 is 0 Å². The van der Waals surface area contributed by atoms with Gasteiger partial charge in [-0.25, -0.2) is 0 Å². The summed E-state index contributed by atoms with van der Waals surface area (Å²) in [6, 6.07) is 10.8. The van der Waals surface area contributed by atoms with Crippen molar-refractivity contribution in [2.45, 2.75) is 60.2 Å². The first-order valence-electron chi connectivity index (χ1n) is 8.76. The Hall–Kier alpha value is -1.67. The van der Waals surface area contributed by atoms with Crippen LogP contribution in [0.4, 0.5) is 0 Å². The van der Waals surface area contributed by atoms with Crippen LogP contribution < -0.4 is 5.32 Å². The highest BCUT2D eigenvalue weighted by molar-refractivity contribution is 5.79. The predicted octanol–water partition coefficient (Wildman–Crippen LogP) is 5.69. The third-order valence-electron chi connectivity index (χ3n) is 3.89. The third-order valence-corrected chi connectivity index (χ3v) is 3.89. The van der Waals surface area contributed by atoms with Crippen molar-refractivity contribution in [2.24, 2.45) is 10.9 Å². The van der Waals surface area contributed by atoms with Gasteiger partial charge in [-0.3, -0.25) is 10.3 Å². The van der Waals surface area contributed by atoms with Crippen molar-refractivity contribution in [3.05, 3.63) is 59.7 Å². The molecule has 2 heteroatoms. The summed E-state index contributed by atoms with van der Waals surface area (Å²) in [4.78, 5) is 4.82. The Bertz CT molecular complexity index is 536. The summed E-state index contributed by atoms with van der Waals surface area (Å²) in [6.45, 7) is 12.6. The van der Waals surface area contributed by atoms with Gasteiger partial charge in [0.2, 0.25) is 0 Å².